The Balaban J connectivity index is 1.76. The van der Waals surface area contributed by atoms with E-state index in [-0.39, 0.29) is 12.4 Å². The SMILES string of the molecule is Nc1ncnc2c1nc(SC1CCCCC1)n2C1OC(CO)C(O)C1O. The molecular weight excluding hydrogens is 358 g/mol. The van der Waals surface area contributed by atoms with Crippen LogP contribution in [0.25, 0.3) is 11.2 Å². The molecule has 5 N–H and O–H groups in total. The van der Waals surface area contributed by atoms with Crippen molar-refractivity contribution in [2.75, 3.05) is 12.3 Å². The van der Waals surface area contributed by atoms with Gasteiger partial charge in [0.05, 0.1) is 6.61 Å². The molecule has 142 valence electrons. The van der Waals surface area contributed by atoms with Gasteiger partial charge in [0.15, 0.2) is 28.4 Å². The van der Waals surface area contributed by atoms with Gasteiger partial charge in [-0.2, -0.15) is 0 Å². The third kappa shape index (κ3) is 3.05. The summed E-state index contributed by atoms with van der Waals surface area (Å²) in [5, 5.41) is 31.0. The van der Waals surface area contributed by atoms with Crippen molar-refractivity contribution in [1.82, 2.24) is 19.5 Å². The van der Waals surface area contributed by atoms with Crippen molar-refractivity contribution in [1.29, 1.82) is 0 Å². The van der Waals surface area contributed by atoms with Crippen LogP contribution in [0.3, 0.4) is 0 Å². The number of fused-ring (bicyclic) bond motifs is 1. The fourth-order valence-corrected chi connectivity index (χ4v) is 4.96. The first kappa shape index (κ1) is 17.9. The van der Waals surface area contributed by atoms with Crippen LogP contribution in [0.15, 0.2) is 11.5 Å². The van der Waals surface area contributed by atoms with Gasteiger partial charge in [-0.1, -0.05) is 31.0 Å². The van der Waals surface area contributed by atoms with Crippen LogP contribution in [-0.4, -0.2) is 65.0 Å². The van der Waals surface area contributed by atoms with Crippen molar-refractivity contribution in [3.8, 4) is 0 Å². The Morgan fingerprint density at radius 2 is 1.96 bits per heavy atom. The van der Waals surface area contributed by atoms with Crippen molar-refractivity contribution in [3.05, 3.63) is 6.33 Å². The average molecular weight is 381 g/mol. The van der Waals surface area contributed by atoms with E-state index in [0.717, 1.165) is 12.8 Å². The first-order chi connectivity index (χ1) is 12.6. The second kappa shape index (κ2) is 7.28. The largest absolute Gasteiger partial charge is 0.394 e. The number of anilines is 1. The predicted molar refractivity (Wildman–Crippen MR) is 95.5 cm³/mol. The van der Waals surface area contributed by atoms with Gasteiger partial charge in [-0.05, 0) is 12.8 Å². The van der Waals surface area contributed by atoms with Gasteiger partial charge in [-0.15, -0.1) is 0 Å². The number of hydrogen-bond acceptors (Lipinski definition) is 9. The van der Waals surface area contributed by atoms with E-state index in [2.05, 4.69) is 15.0 Å². The summed E-state index contributed by atoms with van der Waals surface area (Å²) in [5.74, 6) is 0.256. The lowest BCUT2D eigenvalue weighted by Gasteiger charge is -2.23. The molecule has 1 saturated heterocycles. The molecule has 10 heteroatoms. The Bertz CT molecular complexity index is 781. The molecule has 1 aliphatic carbocycles. The van der Waals surface area contributed by atoms with E-state index >= 15 is 0 Å². The number of hydrogen-bond donors (Lipinski definition) is 4. The van der Waals surface area contributed by atoms with Crippen molar-refractivity contribution in [2.24, 2.45) is 0 Å². The lowest BCUT2D eigenvalue weighted by molar-refractivity contribution is -0.0548. The quantitative estimate of drug-likeness (QED) is 0.594. The maximum atomic E-state index is 10.5. The van der Waals surface area contributed by atoms with E-state index in [1.54, 1.807) is 16.3 Å². The lowest BCUT2D eigenvalue weighted by Crippen LogP contribution is -2.33. The third-order valence-electron chi connectivity index (χ3n) is 5.07. The van der Waals surface area contributed by atoms with Crippen LogP contribution in [0, 0.1) is 0 Å². The summed E-state index contributed by atoms with van der Waals surface area (Å²) in [6.45, 7) is -0.385. The average Bonchev–Trinajstić information content (AvgIpc) is 3.15. The number of imidazole rings is 1. The van der Waals surface area contributed by atoms with Gasteiger partial charge >= 0.3 is 0 Å². The van der Waals surface area contributed by atoms with Gasteiger partial charge in [0.1, 0.15) is 24.6 Å². The third-order valence-corrected chi connectivity index (χ3v) is 6.37. The van der Waals surface area contributed by atoms with Crippen LogP contribution in [0.2, 0.25) is 0 Å². The molecule has 1 aliphatic heterocycles. The Labute approximate surface area is 154 Å². The van der Waals surface area contributed by atoms with E-state index in [9.17, 15) is 15.3 Å². The maximum Gasteiger partial charge on any atom is 0.172 e. The van der Waals surface area contributed by atoms with Crippen LogP contribution in [-0.2, 0) is 4.74 Å². The number of thioether (sulfide) groups is 1. The van der Waals surface area contributed by atoms with E-state index in [1.807, 2.05) is 0 Å². The van der Waals surface area contributed by atoms with Crippen molar-refractivity contribution < 1.29 is 20.1 Å². The Morgan fingerprint density at radius 3 is 2.65 bits per heavy atom. The van der Waals surface area contributed by atoms with Crippen molar-refractivity contribution in [2.45, 2.75) is 67.1 Å². The number of rotatable bonds is 4. The number of nitrogen functional groups attached to an aromatic ring is 1. The molecule has 0 amide bonds. The molecule has 2 fully saturated rings. The molecule has 0 spiro atoms. The summed E-state index contributed by atoms with van der Waals surface area (Å²) in [6.07, 6.45) is 3.02. The number of aromatic nitrogens is 4. The molecule has 0 aromatic carbocycles. The summed E-state index contributed by atoms with van der Waals surface area (Å²) in [7, 11) is 0. The molecule has 2 aliphatic rings. The molecule has 26 heavy (non-hydrogen) atoms. The predicted octanol–water partition coefficient (Wildman–Crippen LogP) is 0.445. The topological polar surface area (TPSA) is 140 Å². The van der Waals surface area contributed by atoms with E-state index in [4.69, 9.17) is 10.5 Å². The minimum absolute atomic E-state index is 0.256. The van der Waals surface area contributed by atoms with Crippen molar-refractivity contribution >= 4 is 28.7 Å². The second-order valence-corrected chi connectivity index (χ2v) is 8.07. The molecule has 9 nitrogen and oxygen atoms in total. The van der Waals surface area contributed by atoms with Gasteiger partial charge in [-0.3, -0.25) is 4.57 Å². The fraction of sp³-hybridized carbons (Fsp3) is 0.688. The molecular formula is C16H23N5O4S. The molecule has 3 heterocycles. The number of aliphatic hydroxyl groups excluding tert-OH is 3. The van der Waals surface area contributed by atoms with Gasteiger partial charge < -0.3 is 25.8 Å². The highest BCUT2D eigenvalue weighted by molar-refractivity contribution is 7.99. The van der Waals surface area contributed by atoms with Gasteiger partial charge in [0.25, 0.3) is 0 Å². The smallest absolute Gasteiger partial charge is 0.172 e. The fourth-order valence-electron chi connectivity index (χ4n) is 3.64. The van der Waals surface area contributed by atoms with Gasteiger partial charge in [0.2, 0.25) is 0 Å². The van der Waals surface area contributed by atoms with E-state index in [1.165, 1.54) is 25.6 Å². The Hall–Kier alpha value is -1.46. The summed E-state index contributed by atoms with van der Waals surface area (Å²) in [5.41, 5.74) is 6.85. The minimum atomic E-state index is -1.20. The number of aliphatic hydroxyl groups is 3. The zero-order valence-electron chi connectivity index (χ0n) is 14.2. The Morgan fingerprint density at radius 1 is 1.19 bits per heavy atom. The molecule has 2 aromatic heterocycles. The standard InChI is InChI=1S/C16H23N5O4S/c17-13-10-14(19-7-18-13)21(15-12(24)11(23)9(6-22)25-15)16(20-10)26-8-4-2-1-3-5-8/h7-9,11-12,15,22-24H,1-6H2,(H2,17,18,19). The van der Waals surface area contributed by atoms with Crippen molar-refractivity contribution in [3.63, 3.8) is 0 Å². The van der Waals surface area contributed by atoms with Gasteiger partial charge in [0, 0.05) is 5.25 Å². The number of nitrogens with two attached hydrogens (primary N) is 1. The van der Waals surface area contributed by atoms with E-state index in [0.29, 0.717) is 21.6 Å². The van der Waals surface area contributed by atoms with Crippen LogP contribution >= 0.6 is 11.8 Å². The molecule has 1 saturated carbocycles. The molecule has 0 radical (unpaired) electrons. The molecule has 4 rings (SSSR count). The van der Waals surface area contributed by atoms with Crippen LogP contribution in [0.4, 0.5) is 5.82 Å². The monoisotopic (exact) mass is 381 g/mol. The van der Waals surface area contributed by atoms with Gasteiger partial charge in [-0.25, -0.2) is 15.0 Å². The number of nitrogens with zero attached hydrogens (tertiary/aromatic N) is 4. The summed E-state index contributed by atoms with van der Waals surface area (Å²) in [6, 6.07) is 0. The molecule has 4 unspecified atom stereocenters. The summed E-state index contributed by atoms with van der Waals surface area (Å²) in [4.78, 5) is 12.9. The number of ether oxygens (including phenoxy) is 1. The normalized spacial score (nSPS) is 30.3. The maximum absolute atomic E-state index is 10.5. The van der Waals surface area contributed by atoms with Crippen LogP contribution < -0.4 is 5.73 Å². The Kier molecular flexibility index (Phi) is 5.02. The first-order valence-electron chi connectivity index (χ1n) is 8.87. The van der Waals surface area contributed by atoms with Crippen LogP contribution in [0.5, 0.6) is 0 Å². The highest BCUT2D eigenvalue weighted by Crippen LogP contribution is 2.39. The summed E-state index contributed by atoms with van der Waals surface area (Å²) < 4.78 is 7.39. The lowest BCUT2D eigenvalue weighted by atomic mass is 10.0. The summed E-state index contributed by atoms with van der Waals surface area (Å²) >= 11 is 1.62. The highest BCUT2D eigenvalue weighted by atomic mass is 32.2. The zero-order valence-corrected chi connectivity index (χ0v) is 15.0. The zero-order chi connectivity index (χ0) is 18.3. The first-order valence-corrected chi connectivity index (χ1v) is 9.75. The minimum Gasteiger partial charge on any atom is -0.394 e. The van der Waals surface area contributed by atoms with E-state index < -0.39 is 24.5 Å². The van der Waals surface area contributed by atoms with Crippen LogP contribution in [0.1, 0.15) is 38.3 Å². The molecule has 2 aromatic rings. The highest BCUT2D eigenvalue weighted by Gasteiger charge is 2.45. The molecule has 4 atom stereocenters. The molecule has 0 bridgehead atoms. The second-order valence-electron chi connectivity index (χ2n) is 6.80.